The van der Waals surface area contributed by atoms with Crippen LogP contribution in [0.1, 0.15) is 45.1 Å². The molecule has 0 aliphatic rings. The largest absolute Gasteiger partial charge is 0.352 e. The number of hydrogen-bond donors (Lipinski definition) is 1. The van der Waals surface area contributed by atoms with Crippen molar-refractivity contribution < 1.29 is 4.79 Å². The molecule has 0 unspecified atom stereocenters. The molecule has 1 aromatic rings. The van der Waals surface area contributed by atoms with Crippen molar-refractivity contribution in [1.29, 1.82) is 0 Å². The maximum Gasteiger partial charge on any atom is 0.223 e. The Labute approximate surface area is 115 Å². The summed E-state index contributed by atoms with van der Waals surface area (Å²) >= 11 is 6.05. The van der Waals surface area contributed by atoms with E-state index in [2.05, 4.69) is 19.2 Å². The molecule has 0 aliphatic carbocycles. The molecule has 0 radical (unpaired) electrons. The van der Waals surface area contributed by atoms with Crippen molar-refractivity contribution in [3.05, 3.63) is 34.9 Å². The van der Waals surface area contributed by atoms with Crippen LogP contribution >= 0.6 is 11.6 Å². The van der Waals surface area contributed by atoms with Crippen LogP contribution < -0.4 is 5.32 Å². The van der Waals surface area contributed by atoms with Gasteiger partial charge in [0.2, 0.25) is 5.91 Å². The highest BCUT2D eigenvalue weighted by Gasteiger charge is 2.15. The van der Waals surface area contributed by atoms with E-state index >= 15 is 0 Å². The number of nitrogens with one attached hydrogen (secondary N) is 1. The minimum absolute atomic E-state index is 0.132. The lowest BCUT2D eigenvalue weighted by Gasteiger charge is -2.15. The van der Waals surface area contributed by atoms with E-state index in [-0.39, 0.29) is 11.8 Å². The van der Waals surface area contributed by atoms with Gasteiger partial charge in [0, 0.05) is 17.5 Å². The lowest BCUT2D eigenvalue weighted by molar-refractivity contribution is -0.125. The predicted molar refractivity (Wildman–Crippen MR) is 76.6 cm³/mol. The van der Waals surface area contributed by atoms with E-state index in [0.29, 0.717) is 11.6 Å². The van der Waals surface area contributed by atoms with Gasteiger partial charge in [-0.1, -0.05) is 56.5 Å². The first-order valence-corrected chi connectivity index (χ1v) is 7.07. The lowest BCUT2D eigenvalue weighted by atomic mass is 9.98. The van der Waals surface area contributed by atoms with E-state index in [1.54, 1.807) is 0 Å². The van der Waals surface area contributed by atoms with Gasteiger partial charge in [-0.25, -0.2) is 0 Å². The van der Waals surface area contributed by atoms with Gasteiger partial charge in [-0.05, 0) is 24.5 Å². The summed E-state index contributed by atoms with van der Waals surface area (Å²) in [4.78, 5) is 12.0. The molecular weight excluding hydrogens is 246 g/mol. The second kappa shape index (κ2) is 8.15. The van der Waals surface area contributed by atoms with Crippen LogP contribution in [0.4, 0.5) is 0 Å². The van der Waals surface area contributed by atoms with E-state index in [4.69, 9.17) is 11.6 Å². The van der Waals surface area contributed by atoms with Gasteiger partial charge in [-0.3, -0.25) is 4.79 Å². The van der Waals surface area contributed by atoms with Gasteiger partial charge in [-0.15, -0.1) is 0 Å². The van der Waals surface area contributed by atoms with Crippen LogP contribution in [0.25, 0.3) is 0 Å². The summed E-state index contributed by atoms with van der Waals surface area (Å²) in [5, 5.41) is 3.68. The zero-order valence-corrected chi connectivity index (χ0v) is 12.0. The van der Waals surface area contributed by atoms with Gasteiger partial charge in [-0.2, -0.15) is 0 Å². The molecular formula is C15H22ClNO. The summed E-state index contributed by atoms with van der Waals surface area (Å²) in [7, 11) is 0. The molecule has 3 heteroatoms. The molecule has 0 bridgehead atoms. The van der Waals surface area contributed by atoms with Crippen LogP contribution in [-0.4, -0.2) is 5.91 Å². The van der Waals surface area contributed by atoms with Gasteiger partial charge < -0.3 is 5.32 Å². The summed E-state index contributed by atoms with van der Waals surface area (Å²) in [5.74, 6) is 0.276. The first kappa shape index (κ1) is 15.0. The monoisotopic (exact) mass is 267 g/mol. The molecule has 0 saturated carbocycles. The third kappa shape index (κ3) is 4.69. The molecule has 0 fully saturated rings. The summed E-state index contributed by atoms with van der Waals surface area (Å²) in [6.07, 6.45) is 4.11. The molecule has 1 atom stereocenters. The van der Waals surface area contributed by atoms with Crippen molar-refractivity contribution in [2.75, 3.05) is 0 Å². The number of amides is 1. The van der Waals surface area contributed by atoms with E-state index in [1.807, 2.05) is 24.3 Å². The van der Waals surface area contributed by atoms with Crippen LogP contribution in [0.3, 0.4) is 0 Å². The second-order valence-electron chi connectivity index (χ2n) is 4.56. The van der Waals surface area contributed by atoms with Gasteiger partial charge in [0.05, 0.1) is 0 Å². The van der Waals surface area contributed by atoms with Crippen molar-refractivity contribution in [3.63, 3.8) is 0 Å². The van der Waals surface area contributed by atoms with Crippen LogP contribution in [0.5, 0.6) is 0 Å². The fourth-order valence-corrected chi connectivity index (χ4v) is 2.14. The third-order valence-electron chi connectivity index (χ3n) is 3.18. The number of carbonyl (C=O) groups excluding carboxylic acids is 1. The Hall–Kier alpha value is -1.02. The molecule has 100 valence electrons. The molecule has 1 aromatic carbocycles. The fraction of sp³-hybridized carbons (Fsp3) is 0.533. The van der Waals surface area contributed by atoms with Crippen molar-refractivity contribution in [3.8, 4) is 0 Å². The van der Waals surface area contributed by atoms with Gasteiger partial charge in [0.15, 0.2) is 0 Å². The van der Waals surface area contributed by atoms with Crippen molar-refractivity contribution >= 4 is 17.5 Å². The maximum absolute atomic E-state index is 12.0. The van der Waals surface area contributed by atoms with E-state index in [9.17, 15) is 4.79 Å². The number of rotatable bonds is 7. The van der Waals surface area contributed by atoms with Crippen molar-refractivity contribution in [1.82, 2.24) is 5.32 Å². The Bertz CT molecular complexity index is 379. The maximum atomic E-state index is 12.0. The average Bonchev–Trinajstić information content (AvgIpc) is 2.38. The Morgan fingerprint density at radius 2 is 2.06 bits per heavy atom. The number of benzene rings is 1. The average molecular weight is 268 g/mol. The third-order valence-corrected chi connectivity index (χ3v) is 3.55. The van der Waals surface area contributed by atoms with Crippen LogP contribution in [0.15, 0.2) is 24.3 Å². The highest BCUT2D eigenvalue weighted by Crippen LogP contribution is 2.16. The molecule has 1 amide bonds. The molecule has 0 heterocycles. The fourth-order valence-electron chi connectivity index (χ4n) is 1.94. The number of hydrogen-bond acceptors (Lipinski definition) is 1. The van der Waals surface area contributed by atoms with Gasteiger partial charge in [0.25, 0.3) is 0 Å². The number of halogens is 1. The summed E-state index contributed by atoms with van der Waals surface area (Å²) in [5.41, 5.74) is 0.970. The minimum atomic E-state index is 0.132. The Morgan fingerprint density at radius 1 is 1.33 bits per heavy atom. The smallest absolute Gasteiger partial charge is 0.223 e. The number of carbonyl (C=O) groups is 1. The molecule has 1 N–H and O–H groups in total. The molecule has 18 heavy (non-hydrogen) atoms. The Morgan fingerprint density at radius 3 is 2.67 bits per heavy atom. The Balaban J connectivity index is 2.47. The minimum Gasteiger partial charge on any atom is -0.352 e. The molecule has 0 saturated heterocycles. The zero-order valence-electron chi connectivity index (χ0n) is 11.2. The number of unbranched alkanes of at least 4 members (excludes halogenated alkanes) is 1. The molecule has 0 spiro atoms. The molecule has 1 rings (SSSR count). The second-order valence-corrected chi connectivity index (χ2v) is 4.96. The topological polar surface area (TPSA) is 29.1 Å². The molecule has 2 nitrogen and oxygen atoms in total. The van der Waals surface area contributed by atoms with E-state index in [0.717, 1.165) is 31.2 Å². The van der Waals surface area contributed by atoms with Crippen LogP contribution in [-0.2, 0) is 11.3 Å². The zero-order chi connectivity index (χ0) is 13.4. The first-order valence-electron chi connectivity index (χ1n) is 6.70. The quantitative estimate of drug-likeness (QED) is 0.789. The van der Waals surface area contributed by atoms with Gasteiger partial charge >= 0.3 is 0 Å². The summed E-state index contributed by atoms with van der Waals surface area (Å²) < 4.78 is 0. The van der Waals surface area contributed by atoms with Crippen molar-refractivity contribution in [2.45, 2.75) is 46.1 Å². The van der Waals surface area contributed by atoms with Crippen LogP contribution in [0, 0.1) is 5.92 Å². The summed E-state index contributed by atoms with van der Waals surface area (Å²) in [6.45, 7) is 4.73. The molecule has 0 aromatic heterocycles. The highest BCUT2D eigenvalue weighted by molar-refractivity contribution is 6.31. The highest BCUT2D eigenvalue weighted by atomic mass is 35.5. The van der Waals surface area contributed by atoms with E-state index < -0.39 is 0 Å². The van der Waals surface area contributed by atoms with Crippen molar-refractivity contribution in [2.24, 2.45) is 5.92 Å². The summed E-state index contributed by atoms with van der Waals surface area (Å²) in [6, 6.07) is 7.61. The normalized spacial score (nSPS) is 12.2. The lowest BCUT2D eigenvalue weighted by Crippen LogP contribution is -2.30. The predicted octanol–water partition coefficient (Wildman–Crippen LogP) is 4.17. The standard InChI is InChI=1S/C15H22ClNO/c1-3-5-8-12(4-2)15(18)17-11-13-9-6-7-10-14(13)16/h6-7,9-10,12H,3-5,8,11H2,1-2H3,(H,17,18)/t12-/m0/s1. The van der Waals surface area contributed by atoms with Gasteiger partial charge in [0.1, 0.15) is 0 Å². The first-order chi connectivity index (χ1) is 8.69. The van der Waals surface area contributed by atoms with E-state index in [1.165, 1.54) is 0 Å². The molecule has 0 aliphatic heterocycles. The SMILES string of the molecule is CCCC[C@H](CC)C(=O)NCc1ccccc1Cl. The Kier molecular flexibility index (Phi) is 6.81. The van der Waals surface area contributed by atoms with Crippen LogP contribution in [0.2, 0.25) is 5.02 Å².